The quantitative estimate of drug-likeness (QED) is 0.811. The first-order valence-corrected chi connectivity index (χ1v) is 8.12. The van der Waals surface area contributed by atoms with E-state index in [1.165, 1.54) is 12.1 Å². The lowest BCUT2D eigenvalue weighted by molar-refractivity contribution is -0.141. The molecule has 25 heavy (non-hydrogen) atoms. The van der Waals surface area contributed by atoms with Gasteiger partial charge in [0, 0.05) is 6.54 Å². The van der Waals surface area contributed by atoms with E-state index in [0.717, 1.165) is 5.56 Å². The van der Waals surface area contributed by atoms with Gasteiger partial charge in [-0.25, -0.2) is 4.39 Å². The van der Waals surface area contributed by atoms with Gasteiger partial charge < -0.3 is 10.4 Å². The zero-order valence-electron chi connectivity index (χ0n) is 14.3. The summed E-state index contributed by atoms with van der Waals surface area (Å²) in [6, 6.07) is 15.0. The molecule has 4 nitrogen and oxygen atoms in total. The van der Waals surface area contributed by atoms with Gasteiger partial charge in [-0.15, -0.1) is 0 Å². The van der Waals surface area contributed by atoms with E-state index in [4.69, 9.17) is 0 Å². The molecule has 2 aromatic carbocycles. The first kappa shape index (κ1) is 18.6. The van der Waals surface area contributed by atoms with Crippen molar-refractivity contribution in [3.63, 3.8) is 0 Å². The Morgan fingerprint density at radius 3 is 2.24 bits per heavy atom. The number of carboxylic acid groups (broad SMARTS) is 1. The summed E-state index contributed by atoms with van der Waals surface area (Å²) in [6.45, 7) is 3.48. The molecule has 0 aliphatic rings. The smallest absolute Gasteiger partial charge is 0.308 e. The van der Waals surface area contributed by atoms with Crippen LogP contribution in [0.4, 0.5) is 4.39 Å². The van der Waals surface area contributed by atoms with Crippen LogP contribution >= 0.6 is 0 Å². The molecule has 0 saturated heterocycles. The minimum atomic E-state index is -0.955. The van der Waals surface area contributed by atoms with Crippen molar-refractivity contribution in [3.8, 4) is 0 Å². The molecule has 1 amide bonds. The zero-order chi connectivity index (χ0) is 18.4. The SMILES string of the molecule is CC(C)(C(=O)NCC(Cc1ccccc1)C(=O)O)c1ccc(F)cc1. The number of halogens is 1. The fourth-order valence-corrected chi connectivity index (χ4v) is 2.58. The van der Waals surface area contributed by atoms with Crippen molar-refractivity contribution in [1.82, 2.24) is 5.32 Å². The Hall–Kier alpha value is -2.69. The number of carboxylic acids is 1. The molecule has 0 aromatic heterocycles. The van der Waals surface area contributed by atoms with Crippen LogP contribution in [0.5, 0.6) is 0 Å². The first-order chi connectivity index (χ1) is 11.8. The standard InChI is InChI=1S/C20H22FNO3/c1-20(2,16-8-10-17(21)11-9-16)19(25)22-13-15(18(23)24)12-14-6-4-3-5-7-14/h3-11,15H,12-13H2,1-2H3,(H,22,25)(H,23,24). The van der Waals surface area contributed by atoms with Gasteiger partial charge >= 0.3 is 5.97 Å². The van der Waals surface area contributed by atoms with Crippen molar-refractivity contribution in [3.05, 3.63) is 71.5 Å². The summed E-state index contributed by atoms with van der Waals surface area (Å²) in [7, 11) is 0. The second-order valence-corrected chi connectivity index (χ2v) is 6.57. The molecule has 0 saturated carbocycles. The van der Waals surface area contributed by atoms with Crippen LogP contribution in [0.1, 0.15) is 25.0 Å². The second kappa shape index (κ2) is 7.92. The van der Waals surface area contributed by atoms with Gasteiger partial charge in [-0.1, -0.05) is 42.5 Å². The largest absolute Gasteiger partial charge is 0.481 e. The molecule has 1 unspecified atom stereocenters. The van der Waals surface area contributed by atoms with E-state index in [1.807, 2.05) is 30.3 Å². The fourth-order valence-electron chi connectivity index (χ4n) is 2.58. The van der Waals surface area contributed by atoms with E-state index in [-0.39, 0.29) is 18.3 Å². The van der Waals surface area contributed by atoms with Gasteiger partial charge in [0.2, 0.25) is 5.91 Å². The van der Waals surface area contributed by atoms with Crippen molar-refractivity contribution in [2.24, 2.45) is 5.92 Å². The monoisotopic (exact) mass is 343 g/mol. The van der Waals surface area contributed by atoms with E-state index in [9.17, 15) is 19.1 Å². The number of hydrogen-bond donors (Lipinski definition) is 2. The topological polar surface area (TPSA) is 66.4 Å². The summed E-state index contributed by atoms with van der Waals surface area (Å²) in [5.41, 5.74) is 0.687. The van der Waals surface area contributed by atoms with E-state index >= 15 is 0 Å². The van der Waals surface area contributed by atoms with Crippen LogP contribution in [0.15, 0.2) is 54.6 Å². The molecule has 1 atom stereocenters. The summed E-state index contributed by atoms with van der Waals surface area (Å²) in [5.74, 6) is -2.33. The summed E-state index contributed by atoms with van der Waals surface area (Å²) >= 11 is 0. The fraction of sp³-hybridized carbons (Fsp3) is 0.300. The minimum Gasteiger partial charge on any atom is -0.481 e. The Morgan fingerprint density at radius 2 is 1.68 bits per heavy atom. The van der Waals surface area contributed by atoms with Gasteiger partial charge in [-0.2, -0.15) is 0 Å². The highest BCUT2D eigenvalue weighted by Crippen LogP contribution is 2.23. The summed E-state index contributed by atoms with van der Waals surface area (Å²) < 4.78 is 13.1. The Balaban J connectivity index is 2.02. The van der Waals surface area contributed by atoms with Gasteiger partial charge in [0.05, 0.1) is 11.3 Å². The minimum absolute atomic E-state index is 0.0354. The predicted octanol–water partition coefficient (Wildman–Crippen LogP) is 3.16. The summed E-state index contributed by atoms with van der Waals surface area (Å²) in [6.07, 6.45) is 0.341. The molecule has 2 N–H and O–H groups in total. The molecule has 2 aromatic rings. The molecule has 0 aliphatic carbocycles. The molecule has 0 fully saturated rings. The molecule has 0 aliphatic heterocycles. The number of benzene rings is 2. The number of rotatable bonds is 7. The van der Waals surface area contributed by atoms with Crippen LogP contribution < -0.4 is 5.32 Å². The van der Waals surface area contributed by atoms with Crippen LogP contribution in [0.25, 0.3) is 0 Å². The van der Waals surface area contributed by atoms with Gasteiger partial charge in [0.1, 0.15) is 5.82 Å². The van der Waals surface area contributed by atoms with Crippen LogP contribution in [-0.2, 0) is 21.4 Å². The van der Waals surface area contributed by atoms with Crippen LogP contribution in [0.2, 0.25) is 0 Å². The summed E-state index contributed by atoms with van der Waals surface area (Å²) in [4.78, 5) is 24.0. The van der Waals surface area contributed by atoms with Gasteiger partial charge in [-0.3, -0.25) is 9.59 Å². The maximum absolute atomic E-state index is 13.1. The third-order valence-electron chi connectivity index (χ3n) is 4.32. The lowest BCUT2D eigenvalue weighted by Crippen LogP contribution is -2.43. The van der Waals surface area contributed by atoms with Gasteiger partial charge in [-0.05, 0) is 43.5 Å². The van der Waals surface area contributed by atoms with E-state index in [0.29, 0.717) is 12.0 Å². The normalized spacial score (nSPS) is 12.4. The molecular formula is C20H22FNO3. The Bertz CT molecular complexity index is 726. The van der Waals surface area contributed by atoms with Crippen molar-refractivity contribution in [1.29, 1.82) is 0 Å². The maximum Gasteiger partial charge on any atom is 0.308 e. The lowest BCUT2D eigenvalue weighted by Gasteiger charge is -2.25. The molecule has 132 valence electrons. The predicted molar refractivity (Wildman–Crippen MR) is 93.7 cm³/mol. The third kappa shape index (κ3) is 4.89. The van der Waals surface area contributed by atoms with Crippen LogP contribution in [0, 0.1) is 11.7 Å². The molecular weight excluding hydrogens is 321 g/mol. The van der Waals surface area contributed by atoms with E-state index < -0.39 is 17.3 Å². The lowest BCUT2D eigenvalue weighted by atomic mass is 9.83. The number of aliphatic carboxylic acids is 1. The Kier molecular flexibility index (Phi) is 5.91. The summed E-state index contributed by atoms with van der Waals surface area (Å²) in [5, 5.41) is 12.1. The zero-order valence-corrected chi connectivity index (χ0v) is 14.3. The maximum atomic E-state index is 13.1. The van der Waals surface area contributed by atoms with Crippen LogP contribution in [-0.4, -0.2) is 23.5 Å². The van der Waals surface area contributed by atoms with Gasteiger partial charge in [0.25, 0.3) is 0 Å². The number of hydrogen-bond acceptors (Lipinski definition) is 2. The highest BCUT2D eigenvalue weighted by molar-refractivity contribution is 5.87. The molecule has 0 spiro atoms. The number of amides is 1. The number of carbonyl (C=O) groups is 2. The Labute approximate surface area is 146 Å². The molecule has 0 bridgehead atoms. The van der Waals surface area contributed by atoms with Gasteiger partial charge in [0.15, 0.2) is 0 Å². The number of carbonyl (C=O) groups excluding carboxylic acids is 1. The van der Waals surface area contributed by atoms with E-state index in [2.05, 4.69) is 5.32 Å². The average Bonchev–Trinajstić information content (AvgIpc) is 2.59. The van der Waals surface area contributed by atoms with Crippen molar-refractivity contribution >= 4 is 11.9 Å². The van der Waals surface area contributed by atoms with Crippen molar-refractivity contribution in [2.45, 2.75) is 25.7 Å². The highest BCUT2D eigenvalue weighted by atomic mass is 19.1. The molecule has 2 rings (SSSR count). The first-order valence-electron chi connectivity index (χ1n) is 8.12. The second-order valence-electron chi connectivity index (χ2n) is 6.57. The van der Waals surface area contributed by atoms with Crippen molar-refractivity contribution in [2.75, 3.05) is 6.54 Å². The molecule has 5 heteroatoms. The van der Waals surface area contributed by atoms with Crippen molar-refractivity contribution < 1.29 is 19.1 Å². The van der Waals surface area contributed by atoms with E-state index in [1.54, 1.807) is 26.0 Å². The molecule has 0 heterocycles. The number of nitrogens with one attached hydrogen (secondary N) is 1. The Morgan fingerprint density at radius 1 is 1.08 bits per heavy atom. The highest BCUT2D eigenvalue weighted by Gasteiger charge is 2.30. The van der Waals surface area contributed by atoms with Crippen LogP contribution in [0.3, 0.4) is 0 Å². The molecule has 0 radical (unpaired) electrons. The average molecular weight is 343 g/mol. The third-order valence-corrected chi connectivity index (χ3v) is 4.32.